The van der Waals surface area contributed by atoms with Gasteiger partial charge in [-0.2, -0.15) is 0 Å². The Hall–Kier alpha value is -3.46. The summed E-state index contributed by atoms with van der Waals surface area (Å²) in [5.74, 6) is 0.379. The second-order valence-electron chi connectivity index (χ2n) is 7.88. The summed E-state index contributed by atoms with van der Waals surface area (Å²) in [4.78, 5) is 21.9. The van der Waals surface area contributed by atoms with Gasteiger partial charge in [0.25, 0.3) is 0 Å². The Kier molecular flexibility index (Phi) is 8.98. The maximum atomic E-state index is 14.3. The fraction of sp³-hybridized carbons (Fsp3) is 0.400. The van der Waals surface area contributed by atoms with Crippen LogP contribution >= 0.6 is 0 Å². The van der Waals surface area contributed by atoms with E-state index in [2.05, 4.69) is 29.7 Å². The summed E-state index contributed by atoms with van der Waals surface area (Å²) in [6, 6.07) is 10.3. The molecule has 2 aromatic carbocycles. The first-order valence-electron chi connectivity index (χ1n) is 11.3. The van der Waals surface area contributed by atoms with E-state index < -0.39 is 5.82 Å². The molecule has 0 saturated carbocycles. The second-order valence-corrected chi connectivity index (χ2v) is 7.88. The number of fused-ring (bicyclic) bond motifs is 1. The summed E-state index contributed by atoms with van der Waals surface area (Å²) >= 11 is 0. The number of phenolic OH excluding ortho intramolecular Hbond substituents is 1. The summed E-state index contributed by atoms with van der Waals surface area (Å²) in [5, 5.41) is 13.5. The molecule has 1 saturated heterocycles. The fourth-order valence-corrected chi connectivity index (χ4v) is 3.65. The molecule has 182 valence electrons. The van der Waals surface area contributed by atoms with Gasteiger partial charge in [0.05, 0.1) is 17.7 Å². The molecule has 4 rings (SSSR count). The lowest BCUT2D eigenvalue weighted by Crippen LogP contribution is -2.24. The van der Waals surface area contributed by atoms with Crippen LogP contribution in [0.2, 0.25) is 0 Å². The Bertz CT molecular complexity index is 1100. The minimum Gasteiger partial charge on any atom is -0.507 e. The predicted molar refractivity (Wildman–Crippen MR) is 130 cm³/mol. The van der Waals surface area contributed by atoms with Gasteiger partial charge in [0.1, 0.15) is 24.0 Å². The zero-order valence-corrected chi connectivity index (χ0v) is 19.8. The molecule has 1 fully saturated rings. The van der Waals surface area contributed by atoms with Gasteiger partial charge in [0.2, 0.25) is 0 Å². The topological polar surface area (TPSA) is 96.8 Å². The lowest BCUT2D eigenvalue weighted by molar-refractivity contribution is 0.0989. The third-order valence-electron chi connectivity index (χ3n) is 5.29. The summed E-state index contributed by atoms with van der Waals surface area (Å²) in [6.45, 7) is 7.03. The molecule has 0 atom stereocenters. The first-order chi connectivity index (χ1) is 16.4. The van der Waals surface area contributed by atoms with Crippen LogP contribution in [0.1, 0.15) is 25.3 Å². The van der Waals surface area contributed by atoms with Gasteiger partial charge >= 0.3 is 6.09 Å². The minimum absolute atomic E-state index is 0.0568. The summed E-state index contributed by atoms with van der Waals surface area (Å²) in [5.41, 5.74) is 1.91. The number of benzene rings is 2. The second kappa shape index (κ2) is 12.1. The molecule has 1 amide bonds. The van der Waals surface area contributed by atoms with Crippen LogP contribution in [0.5, 0.6) is 5.75 Å². The number of hydrogen-bond donors (Lipinski definition) is 2. The number of phenols is 1. The Morgan fingerprint density at radius 3 is 2.62 bits per heavy atom. The molecule has 1 aromatic heterocycles. The molecule has 1 aliphatic heterocycles. The van der Waals surface area contributed by atoms with Gasteiger partial charge in [-0.3, -0.25) is 0 Å². The van der Waals surface area contributed by atoms with E-state index in [1.54, 1.807) is 7.11 Å². The highest BCUT2D eigenvalue weighted by Gasteiger charge is 2.21. The minimum atomic E-state index is -0.519. The van der Waals surface area contributed by atoms with Crippen LogP contribution in [0.4, 0.5) is 15.0 Å². The highest BCUT2D eigenvalue weighted by molar-refractivity contribution is 5.92. The van der Waals surface area contributed by atoms with Crippen molar-refractivity contribution >= 4 is 22.8 Å². The monoisotopic (exact) mass is 470 g/mol. The number of aromatic nitrogens is 2. The molecular weight excluding hydrogens is 439 g/mol. The maximum absolute atomic E-state index is 14.3. The van der Waals surface area contributed by atoms with E-state index >= 15 is 0 Å². The first kappa shape index (κ1) is 25.2. The summed E-state index contributed by atoms with van der Waals surface area (Å²) in [7, 11) is 1.56. The van der Waals surface area contributed by atoms with Crippen molar-refractivity contribution in [3.63, 3.8) is 0 Å². The number of nitrogens with zero attached hydrogens (tertiary/aromatic N) is 3. The molecule has 9 heteroatoms. The van der Waals surface area contributed by atoms with Crippen molar-refractivity contribution in [2.45, 2.75) is 26.7 Å². The number of halogens is 1. The van der Waals surface area contributed by atoms with Gasteiger partial charge in [-0.1, -0.05) is 12.1 Å². The van der Waals surface area contributed by atoms with E-state index in [9.17, 15) is 14.3 Å². The molecule has 2 heterocycles. The van der Waals surface area contributed by atoms with Crippen molar-refractivity contribution in [3.05, 3.63) is 47.8 Å². The highest BCUT2D eigenvalue weighted by atomic mass is 19.1. The van der Waals surface area contributed by atoms with E-state index in [1.165, 1.54) is 18.2 Å². The molecule has 0 radical (unpaired) electrons. The number of ether oxygens (including phenoxy) is 2. The number of nitrogens with one attached hydrogen (secondary N) is 1. The van der Waals surface area contributed by atoms with E-state index in [-0.39, 0.29) is 23.2 Å². The third kappa shape index (κ3) is 6.32. The van der Waals surface area contributed by atoms with E-state index in [0.29, 0.717) is 19.8 Å². The van der Waals surface area contributed by atoms with Crippen LogP contribution in [-0.2, 0) is 9.47 Å². The molecule has 2 N–H and O–H groups in total. The Labute approximate surface area is 198 Å². The zero-order valence-electron chi connectivity index (χ0n) is 19.8. The summed E-state index contributed by atoms with van der Waals surface area (Å²) in [6.07, 6.45) is 1.86. The number of carbonyl (C=O) groups excluding carboxylic acids is 1. The van der Waals surface area contributed by atoms with Gasteiger partial charge in [0, 0.05) is 32.1 Å². The van der Waals surface area contributed by atoms with Crippen LogP contribution in [-0.4, -0.2) is 61.1 Å². The SMILES string of the molecule is CCNC(=O)OCCOC.Cc1ccc2c(N3CCCC3)nc(-c3c(O)cccc3F)nc2c1. The molecule has 0 bridgehead atoms. The van der Waals surface area contributed by atoms with Gasteiger partial charge in [-0.05, 0) is 56.5 Å². The lowest BCUT2D eigenvalue weighted by atomic mass is 10.1. The number of amides is 1. The molecule has 1 aliphatic rings. The van der Waals surface area contributed by atoms with Crippen LogP contribution in [0, 0.1) is 12.7 Å². The standard InChI is InChI=1S/C19H18FN3O.C6H13NO3/c1-12-7-8-13-15(11-12)21-18(17-14(20)5-4-6-16(17)24)22-19(13)23-9-2-3-10-23;1-3-7-6(8)10-5-4-9-2/h4-8,11,24H,2-3,9-10H2,1H3;3-5H2,1-2H3,(H,7,8). The molecule has 0 unspecified atom stereocenters. The number of alkyl carbamates (subject to hydrolysis) is 1. The zero-order chi connectivity index (χ0) is 24.5. The van der Waals surface area contributed by atoms with Crippen molar-refractivity contribution in [1.29, 1.82) is 0 Å². The predicted octanol–water partition coefficient (Wildman–Crippen LogP) is 4.43. The van der Waals surface area contributed by atoms with Gasteiger partial charge in [-0.25, -0.2) is 19.2 Å². The van der Waals surface area contributed by atoms with Crippen molar-refractivity contribution in [2.75, 3.05) is 44.9 Å². The highest BCUT2D eigenvalue weighted by Crippen LogP contribution is 2.34. The molecule has 3 aromatic rings. The van der Waals surface area contributed by atoms with Crippen molar-refractivity contribution in [1.82, 2.24) is 15.3 Å². The number of aryl methyl sites for hydroxylation is 1. The first-order valence-corrected chi connectivity index (χ1v) is 11.3. The molecule has 0 spiro atoms. The van der Waals surface area contributed by atoms with Crippen LogP contribution in [0.3, 0.4) is 0 Å². The normalized spacial score (nSPS) is 12.9. The molecule has 34 heavy (non-hydrogen) atoms. The number of carbonyl (C=O) groups is 1. The van der Waals surface area contributed by atoms with E-state index in [0.717, 1.165) is 48.2 Å². The fourth-order valence-electron chi connectivity index (χ4n) is 3.65. The van der Waals surface area contributed by atoms with Gasteiger partial charge in [-0.15, -0.1) is 0 Å². The summed E-state index contributed by atoms with van der Waals surface area (Å²) < 4.78 is 23.6. The number of methoxy groups -OCH3 is 1. The smallest absolute Gasteiger partial charge is 0.407 e. The van der Waals surface area contributed by atoms with Gasteiger partial charge < -0.3 is 24.8 Å². The molecule has 8 nitrogen and oxygen atoms in total. The van der Waals surface area contributed by atoms with Crippen LogP contribution < -0.4 is 10.2 Å². The number of anilines is 1. The average molecular weight is 471 g/mol. The Morgan fingerprint density at radius 1 is 1.18 bits per heavy atom. The quantitative estimate of drug-likeness (QED) is 0.515. The van der Waals surface area contributed by atoms with E-state index in [4.69, 9.17) is 0 Å². The third-order valence-corrected chi connectivity index (χ3v) is 5.29. The largest absolute Gasteiger partial charge is 0.507 e. The lowest BCUT2D eigenvalue weighted by Gasteiger charge is -2.19. The van der Waals surface area contributed by atoms with Crippen molar-refractivity contribution in [2.24, 2.45) is 0 Å². The number of hydrogen-bond acceptors (Lipinski definition) is 7. The van der Waals surface area contributed by atoms with E-state index in [1.807, 2.05) is 32.0 Å². The Morgan fingerprint density at radius 2 is 1.94 bits per heavy atom. The number of rotatable bonds is 6. The molecular formula is C25H31FN4O4. The maximum Gasteiger partial charge on any atom is 0.407 e. The van der Waals surface area contributed by atoms with Crippen molar-refractivity contribution in [3.8, 4) is 17.1 Å². The average Bonchev–Trinajstić information content (AvgIpc) is 3.34. The number of aromatic hydroxyl groups is 1. The van der Waals surface area contributed by atoms with Crippen LogP contribution in [0.15, 0.2) is 36.4 Å². The molecule has 0 aliphatic carbocycles. The van der Waals surface area contributed by atoms with Crippen LogP contribution in [0.25, 0.3) is 22.3 Å². The Balaban J connectivity index is 0.000000277. The van der Waals surface area contributed by atoms with Gasteiger partial charge in [0.15, 0.2) is 5.82 Å². The van der Waals surface area contributed by atoms with Crippen molar-refractivity contribution < 1.29 is 23.8 Å².